The molecule has 0 amide bonds. The first-order chi connectivity index (χ1) is 28.4. The lowest BCUT2D eigenvalue weighted by Gasteiger charge is -2.28. The van der Waals surface area contributed by atoms with E-state index < -0.39 is 0 Å². The van der Waals surface area contributed by atoms with Gasteiger partial charge in [0.25, 0.3) is 0 Å². The Morgan fingerprint density at radius 2 is 0.963 bits per heavy atom. The van der Waals surface area contributed by atoms with Crippen LogP contribution in [0.25, 0.3) is 77.2 Å². The standard InChI is InChI=1S/C52H35NO/c1-2-12-39(13-3-1)47-19-6-8-22-50(47)53(44-31-26-37(27-32-44)41-28-33-49-48-20-7-9-23-51(48)54-52(49)35-41)43-29-24-36(25-30-43)40-16-10-17-42(34-40)46-21-11-15-38-14-4-5-18-45(38)46/h1-35H/i26D,27D,31D,32D. The molecule has 0 aliphatic carbocycles. The number of hydrogen-bond donors (Lipinski definition) is 0. The Balaban J connectivity index is 1.11. The lowest BCUT2D eigenvalue weighted by atomic mass is 9.95. The summed E-state index contributed by atoms with van der Waals surface area (Å²) in [6.45, 7) is 0. The van der Waals surface area contributed by atoms with Gasteiger partial charge in [0, 0.05) is 27.7 Å². The van der Waals surface area contributed by atoms with Gasteiger partial charge in [-0.2, -0.15) is 0 Å². The summed E-state index contributed by atoms with van der Waals surface area (Å²) >= 11 is 0. The Bertz CT molecular complexity index is 3140. The fraction of sp³-hybridized carbons (Fsp3) is 0. The second kappa shape index (κ2) is 13.4. The summed E-state index contributed by atoms with van der Waals surface area (Å²) in [7, 11) is 0. The average molecular weight is 694 g/mol. The van der Waals surface area contributed by atoms with Gasteiger partial charge in [0.05, 0.1) is 11.2 Å². The van der Waals surface area contributed by atoms with Crippen molar-refractivity contribution < 1.29 is 9.90 Å². The summed E-state index contributed by atoms with van der Waals surface area (Å²) in [5.74, 6) is 0. The lowest BCUT2D eigenvalue weighted by Crippen LogP contribution is -2.11. The van der Waals surface area contributed by atoms with E-state index in [4.69, 9.17) is 4.42 Å². The molecule has 2 nitrogen and oxygen atoms in total. The maximum atomic E-state index is 9.56. The summed E-state index contributed by atoms with van der Waals surface area (Å²) < 4.78 is 44.1. The van der Waals surface area contributed by atoms with Crippen molar-refractivity contribution in [2.45, 2.75) is 0 Å². The molecule has 10 rings (SSSR count). The maximum Gasteiger partial charge on any atom is 0.136 e. The van der Waals surface area contributed by atoms with Gasteiger partial charge in [0.15, 0.2) is 0 Å². The van der Waals surface area contributed by atoms with Gasteiger partial charge in [-0.15, -0.1) is 0 Å². The molecule has 1 aromatic heterocycles. The van der Waals surface area contributed by atoms with Crippen molar-refractivity contribution in [2.75, 3.05) is 4.90 Å². The second-order valence-corrected chi connectivity index (χ2v) is 13.4. The third-order valence-corrected chi connectivity index (χ3v) is 10.2. The highest BCUT2D eigenvalue weighted by molar-refractivity contribution is 6.06. The van der Waals surface area contributed by atoms with Crippen LogP contribution in [0.2, 0.25) is 0 Å². The molecule has 54 heavy (non-hydrogen) atoms. The van der Waals surface area contributed by atoms with Gasteiger partial charge in [0.1, 0.15) is 11.2 Å². The lowest BCUT2D eigenvalue weighted by molar-refractivity contribution is 0.669. The van der Waals surface area contributed by atoms with Crippen LogP contribution in [-0.4, -0.2) is 0 Å². The number of furan rings is 1. The predicted molar refractivity (Wildman–Crippen MR) is 228 cm³/mol. The van der Waals surface area contributed by atoms with Crippen LogP contribution in [0.3, 0.4) is 0 Å². The zero-order chi connectivity index (χ0) is 39.3. The molecule has 0 spiro atoms. The molecule has 0 fully saturated rings. The first-order valence-electron chi connectivity index (χ1n) is 20.1. The van der Waals surface area contributed by atoms with Gasteiger partial charge < -0.3 is 9.32 Å². The van der Waals surface area contributed by atoms with Crippen LogP contribution in [-0.2, 0) is 0 Å². The maximum absolute atomic E-state index is 9.56. The number of anilines is 3. The summed E-state index contributed by atoms with van der Waals surface area (Å²) in [4.78, 5) is 1.87. The highest BCUT2D eigenvalue weighted by Gasteiger charge is 2.18. The molecule has 0 aliphatic heterocycles. The monoisotopic (exact) mass is 693 g/mol. The molecule has 0 N–H and O–H groups in total. The van der Waals surface area contributed by atoms with E-state index in [1.165, 1.54) is 16.3 Å². The van der Waals surface area contributed by atoms with E-state index in [0.29, 0.717) is 16.8 Å². The van der Waals surface area contributed by atoms with Crippen molar-refractivity contribution in [2.24, 2.45) is 0 Å². The molecule has 0 radical (unpaired) electrons. The van der Waals surface area contributed by atoms with Gasteiger partial charge >= 0.3 is 0 Å². The van der Waals surface area contributed by atoms with Crippen LogP contribution in [0.4, 0.5) is 17.1 Å². The van der Waals surface area contributed by atoms with Gasteiger partial charge in [0.2, 0.25) is 0 Å². The normalized spacial score (nSPS) is 12.4. The van der Waals surface area contributed by atoms with Gasteiger partial charge in [-0.05, 0) is 104 Å². The summed E-state index contributed by atoms with van der Waals surface area (Å²) in [6.07, 6.45) is 0. The third-order valence-electron chi connectivity index (χ3n) is 10.2. The van der Waals surface area contributed by atoms with Crippen LogP contribution >= 0.6 is 0 Å². The van der Waals surface area contributed by atoms with E-state index in [2.05, 4.69) is 78.9 Å². The molecule has 0 bridgehead atoms. The zero-order valence-corrected chi connectivity index (χ0v) is 29.3. The number of hydrogen-bond acceptors (Lipinski definition) is 2. The largest absolute Gasteiger partial charge is 0.456 e. The molecule has 2 heteroatoms. The molecule has 0 saturated carbocycles. The SMILES string of the molecule is [2H]c1c([2H])c(N(c2ccc(-c3cccc(-c4cccc5ccccc45)c3)cc2)c2ccccc2-c2ccccc2)c([2H])c([2H])c1-c1ccc2c(c1)oc1ccccc12. The van der Waals surface area contributed by atoms with Gasteiger partial charge in [-0.1, -0.05) is 158 Å². The first-order valence-corrected chi connectivity index (χ1v) is 18.1. The topological polar surface area (TPSA) is 16.4 Å². The van der Waals surface area contributed by atoms with E-state index >= 15 is 0 Å². The minimum absolute atomic E-state index is 0.129. The van der Waals surface area contributed by atoms with Crippen LogP contribution in [0, 0.1) is 0 Å². The second-order valence-electron chi connectivity index (χ2n) is 13.4. The van der Waals surface area contributed by atoms with E-state index in [-0.39, 0.29) is 35.4 Å². The minimum Gasteiger partial charge on any atom is -0.456 e. The van der Waals surface area contributed by atoms with E-state index in [1.54, 1.807) is 0 Å². The van der Waals surface area contributed by atoms with E-state index in [1.807, 2.05) is 114 Å². The molecule has 0 saturated heterocycles. The first kappa shape index (κ1) is 27.5. The fourth-order valence-corrected chi connectivity index (χ4v) is 7.51. The minimum atomic E-state index is -0.143. The molecule has 0 aliphatic rings. The van der Waals surface area contributed by atoms with Crippen molar-refractivity contribution in [3.63, 3.8) is 0 Å². The smallest absolute Gasteiger partial charge is 0.136 e. The molecule has 1 heterocycles. The van der Waals surface area contributed by atoms with Crippen molar-refractivity contribution in [1.82, 2.24) is 0 Å². The summed E-state index contributed by atoms with van der Waals surface area (Å²) in [5.41, 5.74) is 9.98. The van der Waals surface area contributed by atoms with Crippen LogP contribution in [0.1, 0.15) is 5.48 Å². The molecule has 0 unspecified atom stereocenters. The fourth-order valence-electron chi connectivity index (χ4n) is 7.51. The van der Waals surface area contributed by atoms with Crippen LogP contribution in [0.15, 0.2) is 217 Å². The highest BCUT2D eigenvalue weighted by atomic mass is 16.3. The summed E-state index contributed by atoms with van der Waals surface area (Å²) in [6, 6.07) is 62.3. The molecular weight excluding hydrogens is 655 g/mol. The van der Waals surface area contributed by atoms with Crippen LogP contribution in [0.5, 0.6) is 0 Å². The number of benzene rings is 9. The Kier molecular flexibility index (Phi) is 6.84. The molecule has 9 aromatic carbocycles. The van der Waals surface area contributed by atoms with Crippen molar-refractivity contribution >= 4 is 49.8 Å². The van der Waals surface area contributed by atoms with E-state index in [0.717, 1.165) is 49.9 Å². The Morgan fingerprint density at radius 1 is 0.352 bits per heavy atom. The predicted octanol–water partition coefficient (Wildman–Crippen LogP) is 14.9. The Labute approximate surface area is 320 Å². The number of nitrogens with zero attached hydrogens (tertiary/aromatic N) is 1. The Hall–Kier alpha value is -7.16. The van der Waals surface area contributed by atoms with Gasteiger partial charge in [-0.25, -0.2) is 0 Å². The van der Waals surface area contributed by atoms with E-state index in [9.17, 15) is 5.48 Å². The number of rotatable bonds is 7. The van der Waals surface area contributed by atoms with Crippen LogP contribution < -0.4 is 4.90 Å². The molecule has 0 atom stereocenters. The van der Waals surface area contributed by atoms with Crippen molar-refractivity contribution in [1.29, 1.82) is 0 Å². The summed E-state index contributed by atoms with van der Waals surface area (Å²) in [5, 5.41) is 4.31. The van der Waals surface area contributed by atoms with Crippen molar-refractivity contribution in [3.05, 3.63) is 212 Å². The number of fused-ring (bicyclic) bond motifs is 4. The molecule has 10 aromatic rings. The van der Waals surface area contributed by atoms with Crippen molar-refractivity contribution in [3.8, 4) is 44.5 Å². The highest BCUT2D eigenvalue weighted by Crippen LogP contribution is 2.42. The average Bonchev–Trinajstić information content (AvgIpc) is 3.65. The quantitative estimate of drug-likeness (QED) is 0.165. The number of para-hydroxylation sites is 2. The third kappa shape index (κ3) is 5.71. The van der Waals surface area contributed by atoms with Gasteiger partial charge in [-0.3, -0.25) is 0 Å². The zero-order valence-electron chi connectivity index (χ0n) is 33.3. The molecular formula is C52H35NO. The molecule has 254 valence electrons. The Morgan fingerprint density at radius 3 is 1.83 bits per heavy atom.